The van der Waals surface area contributed by atoms with Crippen molar-refractivity contribution in [2.45, 2.75) is 46.0 Å². The van der Waals surface area contributed by atoms with E-state index in [1.54, 1.807) is 7.11 Å². The Labute approximate surface area is 144 Å². The summed E-state index contributed by atoms with van der Waals surface area (Å²) in [6.07, 6.45) is 4.01. The number of carbonyl (C=O) groups excluding carboxylic acids is 2. The Balaban J connectivity index is 1.89. The fourth-order valence-electron chi connectivity index (χ4n) is 3.16. The summed E-state index contributed by atoms with van der Waals surface area (Å²) in [6, 6.07) is 5.73. The molecule has 0 unspecified atom stereocenters. The van der Waals surface area contributed by atoms with E-state index < -0.39 is 0 Å². The summed E-state index contributed by atoms with van der Waals surface area (Å²) in [5, 5.41) is 5.94. The summed E-state index contributed by atoms with van der Waals surface area (Å²) in [5.74, 6) is 0.837. The number of aryl methyl sites for hydroxylation is 1. The molecule has 2 rings (SSSR count). The lowest BCUT2D eigenvalue weighted by Crippen LogP contribution is -2.35. The predicted molar refractivity (Wildman–Crippen MR) is 95.1 cm³/mol. The second-order valence-corrected chi connectivity index (χ2v) is 6.53. The van der Waals surface area contributed by atoms with E-state index in [-0.39, 0.29) is 23.7 Å². The highest BCUT2D eigenvalue weighted by Gasteiger charge is 2.30. The molecule has 5 nitrogen and oxygen atoms in total. The van der Waals surface area contributed by atoms with Gasteiger partial charge in [-0.1, -0.05) is 13.0 Å². The zero-order chi connectivity index (χ0) is 17.5. The fourth-order valence-corrected chi connectivity index (χ4v) is 3.16. The predicted octanol–water partition coefficient (Wildman–Crippen LogP) is 3.27. The molecule has 0 heterocycles. The summed E-state index contributed by atoms with van der Waals surface area (Å²) in [6.45, 7) is 4.75. The van der Waals surface area contributed by atoms with Gasteiger partial charge in [-0.3, -0.25) is 9.59 Å². The third-order valence-electron chi connectivity index (χ3n) is 4.63. The van der Waals surface area contributed by atoms with Crippen LogP contribution in [0.1, 0.15) is 44.6 Å². The summed E-state index contributed by atoms with van der Waals surface area (Å²) < 4.78 is 5.31. The van der Waals surface area contributed by atoms with Crippen molar-refractivity contribution >= 4 is 17.5 Å². The number of nitrogens with one attached hydrogen (secondary N) is 2. The largest absolute Gasteiger partial charge is 0.495 e. The third kappa shape index (κ3) is 4.73. The highest BCUT2D eigenvalue weighted by Crippen LogP contribution is 2.31. The molecule has 1 aliphatic carbocycles. The fraction of sp³-hybridized carbons (Fsp3) is 0.579. The van der Waals surface area contributed by atoms with Crippen LogP contribution in [-0.2, 0) is 9.59 Å². The van der Waals surface area contributed by atoms with Crippen LogP contribution in [0.3, 0.4) is 0 Å². The first-order valence-corrected chi connectivity index (χ1v) is 8.78. The molecule has 1 aliphatic rings. The first-order chi connectivity index (χ1) is 11.5. The van der Waals surface area contributed by atoms with E-state index in [2.05, 4.69) is 10.6 Å². The van der Waals surface area contributed by atoms with E-state index in [9.17, 15) is 9.59 Å². The molecule has 0 aliphatic heterocycles. The standard InChI is InChI=1S/C19H28N2O3/c1-4-11-20-18(22)14-6-8-15(9-7-14)19(23)21-16-12-13(2)5-10-17(16)24-3/h5,10,12,14-15H,4,6-9,11H2,1-3H3,(H,20,22)(H,21,23). The van der Waals surface area contributed by atoms with Crippen molar-refractivity contribution in [2.75, 3.05) is 19.0 Å². The molecule has 2 amide bonds. The Morgan fingerprint density at radius 1 is 1.12 bits per heavy atom. The molecule has 0 radical (unpaired) electrons. The van der Waals surface area contributed by atoms with Gasteiger partial charge >= 0.3 is 0 Å². The Morgan fingerprint density at radius 3 is 2.33 bits per heavy atom. The number of benzene rings is 1. The van der Waals surface area contributed by atoms with Gasteiger partial charge in [0.25, 0.3) is 0 Å². The molecule has 132 valence electrons. The molecule has 0 saturated heterocycles. The van der Waals surface area contributed by atoms with Gasteiger partial charge in [0.05, 0.1) is 12.8 Å². The number of hydrogen-bond acceptors (Lipinski definition) is 3. The Kier molecular flexibility index (Phi) is 6.64. The Bertz CT molecular complexity index is 578. The smallest absolute Gasteiger partial charge is 0.227 e. The molecule has 0 spiro atoms. The van der Waals surface area contributed by atoms with Gasteiger partial charge in [-0.05, 0) is 56.7 Å². The van der Waals surface area contributed by atoms with Crippen LogP contribution < -0.4 is 15.4 Å². The minimum Gasteiger partial charge on any atom is -0.495 e. The first kappa shape index (κ1) is 18.3. The van der Waals surface area contributed by atoms with E-state index in [0.717, 1.165) is 44.2 Å². The van der Waals surface area contributed by atoms with Gasteiger partial charge < -0.3 is 15.4 Å². The van der Waals surface area contributed by atoms with Crippen LogP contribution in [0.4, 0.5) is 5.69 Å². The number of amides is 2. The molecular weight excluding hydrogens is 304 g/mol. The quantitative estimate of drug-likeness (QED) is 0.840. The van der Waals surface area contributed by atoms with Gasteiger partial charge in [0.15, 0.2) is 0 Å². The minimum absolute atomic E-state index is 0.0197. The summed E-state index contributed by atoms with van der Waals surface area (Å²) >= 11 is 0. The summed E-state index contributed by atoms with van der Waals surface area (Å²) in [4.78, 5) is 24.5. The number of anilines is 1. The van der Waals surface area contributed by atoms with Crippen molar-refractivity contribution in [1.29, 1.82) is 0 Å². The molecule has 0 aromatic heterocycles. The molecule has 1 aromatic rings. The molecule has 24 heavy (non-hydrogen) atoms. The maximum atomic E-state index is 12.5. The van der Waals surface area contributed by atoms with Crippen LogP contribution in [0.15, 0.2) is 18.2 Å². The van der Waals surface area contributed by atoms with Crippen LogP contribution in [0.5, 0.6) is 5.75 Å². The van der Waals surface area contributed by atoms with Gasteiger partial charge in [0, 0.05) is 18.4 Å². The summed E-state index contributed by atoms with van der Waals surface area (Å²) in [7, 11) is 1.60. The second-order valence-electron chi connectivity index (χ2n) is 6.53. The third-order valence-corrected chi connectivity index (χ3v) is 4.63. The van der Waals surface area contributed by atoms with Crippen molar-refractivity contribution < 1.29 is 14.3 Å². The normalized spacial score (nSPS) is 20.3. The second kappa shape index (κ2) is 8.71. The highest BCUT2D eigenvalue weighted by atomic mass is 16.5. The van der Waals surface area contributed by atoms with Crippen LogP contribution in [0, 0.1) is 18.8 Å². The van der Waals surface area contributed by atoms with Crippen molar-refractivity contribution in [2.24, 2.45) is 11.8 Å². The average Bonchev–Trinajstić information content (AvgIpc) is 2.60. The van der Waals surface area contributed by atoms with Crippen molar-refractivity contribution in [3.8, 4) is 5.75 Å². The molecule has 1 fully saturated rings. The monoisotopic (exact) mass is 332 g/mol. The maximum Gasteiger partial charge on any atom is 0.227 e. The summed E-state index contributed by atoms with van der Waals surface area (Å²) in [5.41, 5.74) is 1.78. The average molecular weight is 332 g/mol. The molecule has 5 heteroatoms. The van der Waals surface area contributed by atoms with Crippen LogP contribution in [0.2, 0.25) is 0 Å². The lowest BCUT2D eigenvalue weighted by Gasteiger charge is -2.27. The van der Waals surface area contributed by atoms with E-state index in [4.69, 9.17) is 4.74 Å². The molecule has 1 aromatic carbocycles. The lowest BCUT2D eigenvalue weighted by molar-refractivity contribution is -0.128. The number of ether oxygens (including phenoxy) is 1. The minimum atomic E-state index is -0.0366. The van der Waals surface area contributed by atoms with E-state index in [1.165, 1.54) is 0 Å². The number of rotatable bonds is 6. The Morgan fingerprint density at radius 2 is 1.75 bits per heavy atom. The van der Waals surface area contributed by atoms with Crippen molar-refractivity contribution in [3.63, 3.8) is 0 Å². The number of methoxy groups -OCH3 is 1. The molecule has 2 N–H and O–H groups in total. The van der Waals surface area contributed by atoms with Crippen LogP contribution in [-0.4, -0.2) is 25.5 Å². The van der Waals surface area contributed by atoms with Gasteiger partial charge in [-0.25, -0.2) is 0 Å². The highest BCUT2D eigenvalue weighted by molar-refractivity contribution is 5.94. The lowest BCUT2D eigenvalue weighted by atomic mass is 9.81. The van der Waals surface area contributed by atoms with E-state index in [0.29, 0.717) is 11.4 Å². The molecule has 0 atom stereocenters. The van der Waals surface area contributed by atoms with Gasteiger partial charge in [0.1, 0.15) is 5.75 Å². The zero-order valence-electron chi connectivity index (χ0n) is 14.9. The Hall–Kier alpha value is -2.04. The van der Waals surface area contributed by atoms with E-state index in [1.807, 2.05) is 32.0 Å². The van der Waals surface area contributed by atoms with Crippen LogP contribution in [0.25, 0.3) is 0 Å². The van der Waals surface area contributed by atoms with E-state index >= 15 is 0 Å². The van der Waals surface area contributed by atoms with Gasteiger partial charge in [-0.2, -0.15) is 0 Å². The maximum absolute atomic E-state index is 12.5. The van der Waals surface area contributed by atoms with Crippen molar-refractivity contribution in [1.82, 2.24) is 5.32 Å². The number of hydrogen-bond donors (Lipinski definition) is 2. The van der Waals surface area contributed by atoms with Crippen LogP contribution >= 0.6 is 0 Å². The topological polar surface area (TPSA) is 67.4 Å². The molecule has 0 bridgehead atoms. The van der Waals surface area contributed by atoms with Crippen molar-refractivity contribution in [3.05, 3.63) is 23.8 Å². The van der Waals surface area contributed by atoms with Gasteiger partial charge in [-0.15, -0.1) is 0 Å². The zero-order valence-corrected chi connectivity index (χ0v) is 14.9. The molecule has 1 saturated carbocycles. The van der Waals surface area contributed by atoms with Gasteiger partial charge in [0.2, 0.25) is 11.8 Å². The SMILES string of the molecule is CCCNC(=O)C1CCC(C(=O)Nc2cc(C)ccc2OC)CC1. The molecular formula is C19H28N2O3. The number of carbonyl (C=O) groups is 2. The first-order valence-electron chi connectivity index (χ1n) is 8.78.